The summed E-state index contributed by atoms with van der Waals surface area (Å²) in [6.07, 6.45) is -4.45. The van der Waals surface area contributed by atoms with Crippen LogP contribution in [-0.2, 0) is 27.7 Å². The first-order valence-corrected chi connectivity index (χ1v) is 7.72. The second-order valence-electron chi connectivity index (χ2n) is 4.54. The molecule has 1 aromatic carbocycles. The lowest BCUT2D eigenvalue weighted by Gasteiger charge is -2.26. The van der Waals surface area contributed by atoms with Crippen molar-refractivity contribution in [2.24, 2.45) is 0 Å². The van der Waals surface area contributed by atoms with Crippen LogP contribution in [0.15, 0.2) is 24.3 Å². The Morgan fingerprint density at radius 2 is 1.90 bits per heavy atom. The van der Waals surface area contributed by atoms with E-state index in [2.05, 4.69) is 4.72 Å². The third kappa shape index (κ3) is 4.40. The van der Waals surface area contributed by atoms with Crippen molar-refractivity contribution in [1.82, 2.24) is 9.03 Å². The van der Waals surface area contributed by atoms with E-state index < -0.39 is 21.9 Å². The van der Waals surface area contributed by atoms with Crippen molar-refractivity contribution in [2.45, 2.75) is 12.7 Å². The Labute approximate surface area is 120 Å². The Morgan fingerprint density at radius 1 is 1.24 bits per heavy atom. The molecule has 9 heteroatoms. The lowest BCUT2D eigenvalue weighted by Crippen LogP contribution is -2.46. The number of morpholine rings is 1. The monoisotopic (exact) mass is 324 g/mol. The molecule has 5 nitrogen and oxygen atoms in total. The number of nitrogens with zero attached hydrogens (tertiary/aromatic N) is 1. The molecular weight excluding hydrogens is 309 g/mol. The minimum absolute atomic E-state index is 0.191. The maximum Gasteiger partial charge on any atom is 0.416 e. The number of alkyl halides is 3. The van der Waals surface area contributed by atoms with Gasteiger partial charge in [0.25, 0.3) is 10.2 Å². The van der Waals surface area contributed by atoms with Crippen molar-refractivity contribution in [1.29, 1.82) is 0 Å². The largest absolute Gasteiger partial charge is 0.416 e. The molecule has 0 saturated carbocycles. The Morgan fingerprint density at radius 3 is 2.52 bits per heavy atom. The van der Waals surface area contributed by atoms with Gasteiger partial charge in [-0.2, -0.15) is 30.6 Å². The van der Waals surface area contributed by atoms with Crippen LogP contribution in [0.2, 0.25) is 0 Å². The van der Waals surface area contributed by atoms with Crippen molar-refractivity contribution in [2.75, 3.05) is 26.3 Å². The third-order valence-corrected chi connectivity index (χ3v) is 4.58. The average molecular weight is 324 g/mol. The summed E-state index contributed by atoms with van der Waals surface area (Å²) in [5, 5.41) is 0. The van der Waals surface area contributed by atoms with Crippen molar-refractivity contribution < 1.29 is 26.3 Å². The number of ether oxygens (including phenoxy) is 1. The molecule has 1 heterocycles. The minimum atomic E-state index is -4.45. The highest BCUT2D eigenvalue weighted by atomic mass is 32.2. The normalized spacial score (nSPS) is 17.9. The number of halogens is 3. The average Bonchev–Trinajstić information content (AvgIpc) is 2.46. The smallest absolute Gasteiger partial charge is 0.379 e. The standard InChI is InChI=1S/C12H15F3N2O3S/c13-12(14,15)11-3-1-2-10(8-11)9-16-21(18,19)17-4-6-20-7-5-17/h1-3,8,16H,4-7,9H2. The van der Waals surface area contributed by atoms with Gasteiger partial charge >= 0.3 is 6.18 Å². The Hall–Kier alpha value is -1.16. The molecule has 0 atom stereocenters. The predicted molar refractivity (Wildman–Crippen MR) is 69.6 cm³/mol. The summed E-state index contributed by atoms with van der Waals surface area (Å²) < 4.78 is 70.2. The zero-order chi connectivity index (χ0) is 15.5. The van der Waals surface area contributed by atoms with Crippen molar-refractivity contribution in [3.8, 4) is 0 Å². The van der Waals surface area contributed by atoms with Crippen LogP contribution in [0.4, 0.5) is 13.2 Å². The number of rotatable bonds is 4. The third-order valence-electron chi connectivity index (χ3n) is 3.02. The molecule has 1 N–H and O–H groups in total. The van der Waals surface area contributed by atoms with E-state index in [9.17, 15) is 21.6 Å². The van der Waals surface area contributed by atoms with E-state index in [-0.39, 0.29) is 25.2 Å². The van der Waals surface area contributed by atoms with Crippen molar-refractivity contribution in [3.63, 3.8) is 0 Å². The topological polar surface area (TPSA) is 58.6 Å². The van der Waals surface area contributed by atoms with Crippen molar-refractivity contribution in [3.05, 3.63) is 35.4 Å². The maximum atomic E-state index is 12.6. The summed E-state index contributed by atoms with van der Waals surface area (Å²) in [5.41, 5.74) is -0.549. The Balaban J connectivity index is 2.02. The zero-order valence-electron chi connectivity index (χ0n) is 11.1. The van der Waals surface area contributed by atoms with E-state index in [4.69, 9.17) is 4.74 Å². The molecule has 0 aliphatic carbocycles. The van der Waals surface area contributed by atoms with Crippen LogP contribution >= 0.6 is 0 Å². The Kier molecular flexibility index (Phi) is 4.87. The highest BCUT2D eigenvalue weighted by molar-refractivity contribution is 7.87. The van der Waals surface area contributed by atoms with Crippen LogP contribution in [0.1, 0.15) is 11.1 Å². The van der Waals surface area contributed by atoms with Crippen LogP contribution in [0.25, 0.3) is 0 Å². The van der Waals surface area contributed by atoms with Crippen LogP contribution in [0.3, 0.4) is 0 Å². The van der Waals surface area contributed by atoms with E-state index in [1.165, 1.54) is 16.4 Å². The van der Waals surface area contributed by atoms with Crippen molar-refractivity contribution >= 4 is 10.2 Å². The predicted octanol–water partition coefficient (Wildman–Crippen LogP) is 1.37. The van der Waals surface area contributed by atoms with Gasteiger partial charge in [0.15, 0.2) is 0 Å². The first kappa shape index (κ1) is 16.2. The first-order valence-electron chi connectivity index (χ1n) is 6.28. The maximum absolute atomic E-state index is 12.6. The fourth-order valence-electron chi connectivity index (χ4n) is 1.91. The Bertz CT molecular complexity index is 584. The van der Waals surface area contributed by atoms with Gasteiger partial charge in [-0.3, -0.25) is 0 Å². The van der Waals surface area contributed by atoms with E-state index in [1.54, 1.807) is 0 Å². The van der Waals surface area contributed by atoms with E-state index in [1.807, 2.05) is 0 Å². The molecule has 1 aromatic rings. The van der Waals surface area contributed by atoms with Gasteiger partial charge in [0, 0.05) is 19.6 Å². The molecule has 1 aliphatic heterocycles. The molecule has 21 heavy (non-hydrogen) atoms. The zero-order valence-corrected chi connectivity index (χ0v) is 11.9. The fraction of sp³-hybridized carbons (Fsp3) is 0.500. The molecule has 0 bridgehead atoms. The number of hydrogen-bond donors (Lipinski definition) is 1. The molecule has 0 radical (unpaired) electrons. The highest BCUT2D eigenvalue weighted by Gasteiger charge is 2.30. The van der Waals surface area contributed by atoms with Gasteiger partial charge in [-0.1, -0.05) is 18.2 Å². The van der Waals surface area contributed by atoms with Gasteiger partial charge in [-0.05, 0) is 11.6 Å². The van der Waals surface area contributed by atoms with E-state index in [0.717, 1.165) is 12.1 Å². The number of hydrogen-bond acceptors (Lipinski definition) is 3. The number of nitrogens with one attached hydrogen (secondary N) is 1. The fourth-order valence-corrected chi connectivity index (χ4v) is 3.07. The van der Waals surface area contributed by atoms with Gasteiger partial charge in [0.1, 0.15) is 0 Å². The lowest BCUT2D eigenvalue weighted by molar-refractivity contribution is -0.137. The van der Waals surface area contributed by atoms with Gasteiger partial charge in [0.05, 0.1) is 18.8 Å². The molecule has 2 rings (SSSR count). The van der Waals surface area contributed by atoms with Gasteiger partial charge in [-0.25, -0.2) is 0 Å². The molecule has 1 aliphatic rings. The highest BCUT2D eigenvalue weighted by Crippen LogP contribution is 2.29. The van der Waals surface area contributed by atoms with Crippen LogP contribution in [0, 0.1) is 0 Å². The second-order valence-corrected chi connectivity index (χ2v) is 6.29. The second kappa shape index (κ2) is 6.30. The lowest BCUT2D eigenvalue weighted by atomic mass is 10.1. The summed E-state index contributed by atoms with van der Waals surface area (Å²) in [6.45, 7) is 0.897. The minimum Gasteiger partial charge on any atom is -0.379 e. The summed E-state index contributed by atoms with van der Waals surface area (Å²) in [5.74, 6) is 0. The van der Waals surface area contributed by atoms with Crippen LogP contribution < -0.4 is 4.72 Å². The molecule has 0 spiro atoms. The summed E-state index contributed by atoms with van der Waals surface area (Å²) in [4.78, 5) is 0. The first-order chi connectivity index (χ1) is 9.79. The quantitative estimate of drug-likeness (QED) is 0.910. The summed E-state index contributed by atoms with van der Waals surface area (Å²) in [7, 11) is -3.71. The summed E-state index contributed by atoms with van der Waals surface area (Å²) >= 11 is 0. The van der Waals surface area contributed by atoms with E-state index in [0.29, 0.717) is 13.2 Å². The molecule has 0 unspecified atom stereocenters. The molecule has 118 valence electrons. The molecule has 0 aromatic heterocycles. The van der Waals surface area contributed by atoms with Crippen LogP contribution in [0.5, 0.6) is 0 Å². The molecular formula is C12H15F3N2O3S. The number of benzene rings is 1. The molecule has 0 amide bonds. The van der Waals surface area contributed by atoms with E-state index >= 15 is 0 Å². The van der Waals surface area contributed by atoms with Gasteiger partial charge in [0.2, 0.25) is 0 Å². The van der Waals surface area contributed by atoms with Gasteiger partial charge in [-0.15, -0.1) is 0 Å². The van der Waals surface area contributed by atoms with Gasteiger partial charge < -0.3 is 4.74 Å². The molecule has 1 fully saturated rings. The SMILES string of the molecule is O=S(=O)(NCc1cccc(C(F)(F)F)c1)N1CCOCC1. The van der Waals surface area contributed by atoms with Crippen LogP contribution in [-0.4, -0.2) is 39.0 Å². The molecule has 1 saturated heterocycles. The summed E-state index contributed by atoms with van der Waals surface area (Å²) in [6, 6.07) is 4.57.